The van der Waals surface area contributed by atoms with Crippen LogP contribution in [0.5, 0.6) is 0 Å². The summed E-state index contributed by atoms with van der Waals surface area (Å²) in [6, 6.07) is -0.286. The minimum atomic E-state index is -0.286. The molecule has 1 atom stereocenters. The van der Waals surface area contributed by atoms with Crippen molar-refractivity contribution in [3.8, 4) is 0 Å². The number of carbonyl (C=O) groups is 2. The lowest BCUT2D eigenvalue weighted by Crippen LogP contribution is -2.48. The van der Waals surface area contributed by atoms with E-state index >= 15 is 0 Å². The van der Waals surface area contributed by atoms with Crippen LogP contribution in [0, 0.1) is 0 Å². The zero-order valence-corrected chi connectivity index (χ0v) is 12.8. The Kier molecular flexibility index (Phi) is 5.63. The number of hydrogen-bond acceptors (Lipinski definition) is 6. The highest BCUT2D eigenvalue weighted by Gasteiger charge is 2.24. The van der Waals surface area contributed by atoms with Gasteiger partial charge in [-0.3, -0.25) is 9.59 Å². The molecule has 2 amide bonds. The van der Waals surface area contributed by atoms with Crippen molar-refractivity contribution in [3.05, 3.63) is 17.8 Å². The fourth-order valence-electron chi connectivity index (χ4n) is 2.12. The van der Waals surface area contributed by atoms with Crippen LogP contribution in [-0.2, 0) is 4.79 Å². The molecule has 2 N–H and O–H groups in total. The molecule has 8 heteroatoms. The van der Waals surface area contributed by atoms with Crippen LogP contribution in [0.3, 0.4) is 0 Å². The molecule has 1 aliphatic rings. The number of aromatic nitrogens is 1. The summed E-state index contributed by atoms with van der Waals surface area (Å²) >= 11 is 1.71. The van der Waals surface area contributed by atoms with E-state index in [0.29, 0.717) is 32.1 Å². The molecule has 0 spiro atoms. The Hall–Kier alpha value is -1.54. The van der Waals surface area contributed by atoms with Gasteiger partial charge in [-0.1, -0.05) is 0 Å². The van der Waals surface area contributed by atoms with Gasteiger partial charge >= 0.3 is 0 Å². The Labute approximate surface area is 127 Å². The average molecular weight is 312 g/mol. The van der Waals surface area contributed by atoms with Crippen LogP contribution in [0.15, 0.2) is 10.7 Å². The van der Waals surface area contributed by atoms with Crippen molar-refractivity contribution >= 4 is 24.1 Å². The predicted molar refractivity (Wildman–Crippen MR) is 80.0 cm³/mol. The molecular weight excluding hydrogens is 292 g/mol. The third-order valence-electron chi connectivity index (χ3n) is 3.44. The van der Waals surface area contributed by atoms with Gasteiger partial charge in [0.15, 0.2) is 5.69 Å². The molecule has 1 aromatic heterocycles. The Morgan fingerprint density at radius 1 is 1.52 bits per heavy atom. The van der Waals surface area contributed by atoms with E-state index in [1.165, 1.54) is 6.26 Å². The standard InChI is InChI=1S/C13H20N4O3S/c1-21-7-2-10(14)12-15-11(8-20-12)13(19)17-5-3-16(9-18)4-6-17/h8-10H,2-7,14H2,1H3. The molecule has 116 valence electrons. The number of rotatable bonds is 6. The van der Waals surface area contributed by atoms with Crippen LogP contribution in [0.4, 0.5) is 0 Å². The molecular formula is C13H20N4O3S. The Bertz CT molecular complexity index is 486. The second-order valence-electron chi connectivity index (χ2n) is 4.89. The van der Waals surface area contributed by atoms with Gasteiger partial charge in [0.2, 0.25) is 12.3 Å². The third kappa shape index (κ3) is 3.98. The first-order valence-corrected chi connectivity index (χ1v) is 8.23. The van der Waals surface area contributed by atoms with Crippen molar-refractivity contribution in [2.45, 2.75) is 12.5 Å². The van der Waals surface area contributed by atoms with Gasteiger partial charge in [0.05, 0.1) is 6.04 Å². The summed E-state index contributed by atoms with van der Waals surface area (Å²) in [6.07, 6.45) is 4.94. The number of nitrogens with zero attached hydrogens (tertiary/aromatic N) is 3. The minimum absolute atomic E-state index is 0.174. The van der Waals surface area contributed by atoms with E-state index in [1.807, 2.05) is 6.26 Å². The van der Waals surface area contributed by atoms with E-state index < -0.39 is 0 Å². The van der Waals surface area contributed by atoms with E-state index in [9.17, 15) is 9.59 Å². The van der Waals surface area contributed by atoms with Crippen molar-refractivity contribution < 1.29 is 14.0 Å². The fraction of sp³-hybridized carbons (Fsp3) is 0.615. The van der Waals surface area contributed by atoms with E-state index in [4.69, 9.17) is 10.2 Å². The van der Waals surface area contributed by atoms with E-state index in [1.54, 1.807) is 21.6 Å². The van der Waals surface area contributed by atoms with Crippen molar-refractivity contribution in [2.75, 3.05) is 38.2 Å². The van der Waals surface area contributed by atoms with Gasteiger partial charge in [-0.15, -0.1) is 0 Å². The lowest BCUT2D eigenvalue weighted by molar-refractivity contribution is -0.119. The first-order chi connectivity index (χ1) is 10.2. The summed E-state index contributed by atoms with van der Waals surface area (Å²) in [5.74, 6) is 1.15. The predicted octanol–water partition coefficient (Wildman–Crippen LogP) is 0.342. The van der Waals surface area contributed by atoms with E-state index in [-0.39, 0.29) is 17.6 Å². The number of thioether (sulfide) groups is 1. The summed E-state index contributed by atoms with van der Waals surface area (Å²) < 4.78 is 5.32. The summed E-state index contributed by atoms with van der Waals surface area (Å²) in [6.45, 7) is 2.12. The lowest BCUT2D eigenvalue weighted by Gasteiger charge is -2.31. The smallest absolute Gasteiger partial charge is 0.275 e. The fourth-order valence-corrected chi connectivity index (χ4v) is 2.61. The Balaban J connectivity index is 1.94. The summed E-state index contributed by atoms with van der Waals surface area (Å²) in [5, 5.41) is 0. The number of amides is 2. The van der Waals surface area contributed by atoms with Crippen molar-refractivity contribution in [1.82, 2.24) is 14.8 Å². The molecule has 2 heterocycles. The van der Waals surface area contributed by atoms with Crippen molar-refractivity contribution in [2.24, 2.45) is 5.73 Å². The molecule has 1 saturated heterocycles. The Morgan fingerprint density at radius 2 is 2.24 bits per heavy atom. The van der Waals surface area contributed by atoms with Crippen LogP contribution >= 0.6 is 11.8 Å². The van der Waals surface area contributed by atoms with E-state index in [2.05, 4.69) is 4.98 Å². The molecule has 0 aliphatic carbocycles. The molecule has 0 aromatic carbocycles. The number of piperazine rings is 1. The topological polar surface area (TPSA) is 92.7 Å². The lowest BCUT2D eigenvalue weighted by atomic mass is 10.2. The zero-order chi connectivity index (χ0) is 15.2. The molecule has 21 heavy (non-hydrogen) atoms. The quantitative estimate of drug-likeness (QED) is 0.762. The largest absolute Gasteiger partial charge is 0.446 e. The summed E-state index contributed by atoms with van der Waals surface area (Å²) in [5.41, 5.74) is 6.25. The SMILES string of the molecule is CSCCC(N)c1nc(C(=O)N2CCN(C=O)CC2)co1. The zero-order valence-electron chi connectivity index (χ0n) is 12.0. The van der Waals surface area contributed by atoms with Gasteiger partial charge in [0, 0.05) is 26.2 Å². The van der Waals surface area contributed by atoms with Crippen LogP contribution in [-0.4, -0.2) is 65.3 Å². The molecule has 0 saturated carbocycles. The summed E-state index contributed by atoms with van der Waals surface area (Å²) in [4.78, 5) is 30.5. The maximum atomic E-state index is 12.3. The highest BCUT2D eigenvalue weighted by atomic mass is 32.2. The maximum Gasteiger partial charge on any atom is 0.275 e. The average Bonchev–Trinajstić information content (AvgIpc) is 3.02. The van der Waals surface area contributed by atoms with Gasteiger partial charge in [-0.2, -0.15) is 11.8 Å². The normalized spacial score (nSPS) is 16.9. The number of hydrogen-bond donors (Lipinski definition) is 1. The second kappa shape index (κ2) is 7.46. The van der Waals surface area contributed by atoms with Crippen molar-refractivity contribution in [3.63, 3.8) is 0 Å². The minimum Gasteiger partial charge on any atom is -0.446 e. The van der Waals surface area contributed by atoms with Crippen LogP contribution in [0.2, 0.25) is 0 Å². The van der Waals surface area contributed by atoms with E-state index in [0.717, 1.165) is 18.6 Å². The highest BCUT2D eigenvalue weighted by Crippen LogP contribution is 2.17. The molecule has 0 radical (unpaired) electrons. The van der Waals surface area contributed by atoms with Gasteiger partial charge < -0.3 is 20.0 Å². The third-order valence-corrected chi connectivity index (χ3v) is 4.09. The van der Waals surface area contributed by atoms with Crippen LogP contribution < -0.4 is 5.73 Å². The van der Waals surface area contributed by atoms with Crippen LogP contribution in [0.1, 0.15) is 28.8 Å². The van der Waals surface area contributed by atoms with Gasteiger partial charge in [-0.25, -0.2) is 4.98 Å². The van der Waals surface area contributed by atoms with Gasteiger partial charge in [-0.05, 0) is 18.4 Å². The molecule has 2 rings (SSSR count). The number of nitrogens with two attached hydrogens (primary N) is 1. The van der Waals surface area contributed by atoms with Crippen molar-refractivity contribution in [1.29, 1.82) is 0 Å². The monoisotopic (exact) mass is 312 g/mol. The van der Waals surface area contributed by atoms with Gasteiger partial charge in [0.1, 0.15) is 6.26 Å². The summed E-state index contributed by atoms with van der Waals surface area (Å²) in [7, 11) is 0. The first kappa shape index (κ1) is 15.8. The molecule has 1 unspecified atom stereocenters. The highest BCUT2D eigenvalue weighted by molar-refractivity contribution is 7.98. The molecule has 1 fully saturated rings. The number of oxazole rings is 1. The van der Waals surface area contributed by atoms with Crippen LogP contribution in [0.25, 0.3) is 0 Å². The Morgan fingerprint density at radius 3 is 2.86 bits per heavy atom. The molecule has 1 aromatic rings. The first-order valence-electron chi connectivity index (χ1n) is 6.84. The maximum absolute atomic E-state index is 12.3. The molecule has 1 aliphatic heterocycles. The number of carbonyl (C=O) groups excluding carboxylic acids is 2. The molecule has 7 nitrogen and oxygen atoms in total. The van der Waals surface area contributed by atoms with Gasteiger partial charge in [0.25, 0.3) is 5.91 Å². The molecule has 0 bridgehead atoms. The second-order valence-corrected chi connectivity index (χ2v) is 5.88.